The van der Waals surface area contributed by atoms with Crippen molar-refractivity contribution in [3.05, 3.63) is 53.3 Å². The van der Waals surface area contributed by atoms with Crippen LogP contribution in [0.1, 0.15) is 11.1 Å². The van der Waals surface area contributed by atoms with Crippen LogP contribution in [0.2, 0.25) is 0 Å². The molecule has 1 amide bonds. The van der Waals surface area contributed by atoms with Crippen LogP contribution in [0, 0.1) is 12.7 Å². The average molecular weight is 303 g/mol. The zero-order valence-corrected chi connectivity index (χ0v) is 12.8. The fourth-order valence-corrected chi connectivity index (χ4v) is 2.09. The van der Waals surface area contributed by atoms with Crippen LogP contribution in [0.25, 0.3) is 0 Å². The van der Waals surface area contributed by atoms with E-state index in [1.54, 1.807) is 44.4 Å². The van der Waals surface area contributed by atoms with Crippen molar-refractivity contribution in [2.24, 2.45) is 0 Å². The van der Waals surface area contributed by atoms with Gasteiger partial charge in [-0.15, -0.1) is 0 Å². The first kappa shape index (κ1) is 15.8. The zero-order chi connectivity index (χ0) is 16.1. The van der Waals surface area contributed by atoms with E-state index in [0.717, 1.165) is 11.1 Å². The maximum absolute atomic E-state index is 13.7. The number of benzene rings is 2. The van der Waals surface area contributed by atoms with Crippen LogP contribution in [0.5, 0.6) is 11.5 Å². The molecule has 0 aliphatic rings. The molecule has 0 radical (unpaired) electrons. The number of rotatable bonds is 5. The highest BCUT2D eigenvalue weighted by atomic mass is 19.1. The summed E-state index contributed by atoms with van der Waals surface area (Å²) in [5.41, 5.74) is 1.73. The van der Waals surface area contributed by atoms with E-state index in [-0.39, 0.29) is 18.0 Å². The summed E-state index contributed by atoms with van der Waals surface area (Å²) in [6.07, 6.45) is 0.119. The van der Waals surface area contributed by atoms with Gasteiger partial charge in [-0.3, -0.25) is 4.79 Å². The lowest BCUT2D eigenvalue weighted by atomic mass is 10.1. The highest BCUT2D eigenvalue weighted by Gasteiger charge is 2.10. The number of anilines is 1. The average Bonchev–Trinajstić information content (AvgIpc) is 2.50. The molecule has 0 unspecified atom stereocenters. The van der Waals surface area contributed by atoms with Gasteiger partial charge >= 0.3 is 0 Å². The SMILES string of the molecule is COc1ccc(CC(=O)Nc2ccc(C)cc2F)cc1OC. The molecule has 0 aromatic heterocycles. The standard InChI is InChI=1S/C17H18FNO3/c1-11-4-6-14(13(18)8-11)19-17(20)10-12-5-7-15(21-2)16(9-12)22-3/h4-9H,10H2,1-3H3,(H,19,20). The van der Waals surface area contributed by atoms with Gasteiger partial charge in [0.25, 0.3) is 0 Å². The number of ether oxygens (including phenoxy) is 2. The van der Waals surface area contributed by atoms with Crippen molar-refractivity contribution in [2.75, 3.05) is 19.5 Å². The third kappa shape index (κ3) is 3.75. The molecule has 0 aliphatic carbocycles. The predicted molar refractivity (Wildman–Crippen MR) is 83.0 cm³/mol. The third-order valence-corrected chi connectivity index (χ3v) is 3.21. The number of nitrogens with one attached hydrogen (secondary N) is 1. The predicted octanol–water partition coefficient (Wildman–Crippen LogP) is 3.33. The van der Waals surface area contributed by atoms with E-state index in [1.807, 2.05) is 0 Å². The number of aryl methyl sites for hydroxylation is 1. The lowest BCUT2D eigenvalue weighted by molar-refractivity contribution is -0.115. The molecule has 2 rings (SSSR count). The molecule has 0 atom stereocenters. The second-order valence-electron chi connectivity index (χ2n) is 4.90. The van der Waals surface area contributed by atoms with Crippen molar-refractivity contribution < 1.29 is 18.7 Å². The summed E-state index contributed by atoms with van der Waals surface area (Å²) in [5, 5.41) is 2.57. The Balaban J connectivity index is 2.08. The molecule has 0 aliphatic heterocycles. The summed E-state index contributed by atoms with van der Waals surface area (Å²) in [6.45, 7) is 1.79. The van der Waals surface area contributed by atoms with Gasteiger partial charge < -0.3 is 14.8 Å². The summed E-state index contributed by atoms with van der Waals surface area (Å²) in [6, 6.07) is 9.91. The Labute approximate surface area is 128 Å². The third-order valence-electron chi connectivity index (χ3n) is 3.21. The van der Waals surface area contributed by atoms with Gasteiger partial charge in [-0.1, -0.05) is 12.1 Å². The Morgan fingerprint density at radius 2 is 1.82 bits per heavy atom. The number of hydrogen-bond acceptors (Lipinski definition) is 3. The van der Waals surface area contributed by atoms with Crippen molar-refractivity contribution in [3.63, 3.8) is 0 Å². The second-order valence-corrected chi connectivity index (χ2v) is 4.90. The minimum atomic E-state index is -0.444. The topological polar surface area (TPSA) is 47.6 Å². The molecule has 0 bridgehead atoms. The molecule has 4 nitrogen and oxygen atoms in total. The number of carbonyl (C=O) groups excluding carboxylic acids is 1. The zero-order valence-electron chi connectivity index (χ0n) is 12.8. The molecule has 0 fully saturated rings. The molecular formula is C17H18FNO3. The van der Waals surface area contributed by atoms with Crippen molar-refractivity contribution in [3.8, 4) is 11.5 Å². The fourth-order valence-electron chi connectivity index (χ4n) is 2.09. The van der Waals surface area contributed by atoms with Gasteiger partial charge in [-0.2, -0.15) is 0 Å². The van der Waals surface area contributed by atoms with Crippen LogP contribution in [0.4, 0.5) is 10.1 Å². The van der Waals surface area contributed by atoms with E-state index in [1.165, 1.54) is 13.2 Å². The molecule has 2 aromatic carbocycles. The van der Waals surface area contributed by atoms with Gasteiger partial charge in [0.15, 0.2) is 11.5 Å². The van der Waals surface area contributed by atoms with E-state index in [2.05, 4.69) is 5.32 Å². The Kier molecular flexibility index (Phi) is 4.99. The molecule has 116 valence electrons. The number of methoxy groups -OCH3 is 2. The number of carbonyl (C=O) groups is 1. The van der Waals surface area contributed by atoms with Crippen LogP contribution in [-0.2, 0) is 11.2 Å². The van der Waals surface area contributed by atoms with Crippen molar-refractivity contribution >= 4 is 11.6 Å². The molecule has 1 N–H and O–H groups in total. The maximum atomic E-state index is 13.7. The first-order valence-electron chi connectivity index (χ1n) is 6.80. The lowest BCUT2D eigenvalue weighted by Gasteiger charge is -2.10. The summed E-state index contributed by atoms with van der Waals surface area (Å²) < 4.78 is 24.1. The quantitative estimate of drug-likeness (QED) is 0.921. The minimum absolute atomic E-state index is 0.119. The molecule has 2 aromatic rings. The molecule has 0 spiro atoms. The number of hydrogen-bond donors (Lipinski definition) is 1. The van der Waals surface area contributed by atoms with Crippen LogP contribution in [-0.4, -0.2) is 20.1 Å². The molecule has 0 saturated heterocycles. The summed E-state index contributed by atoms with van der Waals surface area (Å²) in [4.78, 5) is 12.0. The van der Waals surface area contributed by atoms with E-state index in [4.69, 9.17) is 9.47 Å². The minimum Gasteiger partial charge on any atom is -0.493 e. The van der Waals surface area contributed by atoms with Crippen molar-refractivity contribution in [1.29, 1.82) is 0 Å². The highest BCUT2D eigenvalue weighted by Crippen LogP contribution is 2.27. The van der Waals surface area contributed by atoms with Crippen LogP contribution in [0.3, 0.4) is 0 Å². The Morgan fingerprint density at radius 1 is 1.09 bits per heavy atom. The normalized spacial score (nSPS) is 10.2. The van der Waals surface area contributed by atoms with Gasteiger partial charge in [0.2, 0.25) is 5.91 Å². The van der Waals surface area contributed by atoms with Crippen LogP contribution in [0.15, 0.2) is 36.4 Å². The fraction of sp³-hybridized carbons (Fsp3) is 0.235. The number of amides is 1. The van der Waals surface area contributed by atoms with E-state index >= 15 is 0 Å². The molecule has 5 heteroatoms. The van der Waals surface area contributed by atoms with Gasteiger partial charge in [0.05, 0.1) is 26.3 Å². The van der Waals surface area contributed by atoms with Crippen LogP contribution >= 0.6 is 0 Å². The van der Waals surface area contributed by atoms with E-state index in [9.17, 15) is 9.18 Å². The number of halogens is 1. The lowest BCUT2D eigenvalue weighted by Crippen LogP contribution is -2.15. The highest BCUT2D eigenvalue weighted by molar-refractivity contribution is 5.92. The van der Waals surface area contributed by atoms with E-state index in [0.29, 0.717) is 11.5 Å². The Morgan fingerprint density at radius 3 is 2.45 bits per heavy atom. The molecular weight excluding hydrogens is 285 g/mol. The van der Waals surface area contributed by atoms with Gasteiger partial charge in [0.1, 0.15) is 5.82 Å². The molecule has 22 heavy (non-hydrogen) atoms. The maximum Gasteiger partial charge on any atom is 0.228 e. The monoisotopic (exact) mass is 303 g/mol. The first-order valence-corrected chi connectivity index (χ1v) is 6.80. The van der Waals surface area contributed by atoms with Crippen molar-refractivity contribution in [1.82, 2.24) is 0 Å². The summed E-state index contributed by atoms with van der Waals surface area (Å²) >= 11 is 0. The van der Waals surface area contributed by atoms with Crippen LogP contribution < -0.4 is 14.8 Å². The second kappa shape index (κ2) is 6.93. The molecule has 0 heterocycles. The van der Waals surface area contributed by atoms with E-state index < -0.39 is 5.82 Å². The Hall–Kier alpha value is -2.56. The first-order chi connectivity index (χ1) is 10.5. The Bertz CT molecular complexity index is 686. The van der Waals surface area contributed by atoms with Gasteiger partial charge in [-0.05, 0) is 42.3 Å². The van der Waals surface area contributed by atoms with Gasteiger partial charge in [-0.25, -0.2) is 4.39 Å². The summed E-state index contributed by atoms with van der Waals surface area (Å²) in [7, 11) is 3.08. The van der Waals surface area contributed by atoms with Gasteiger partial charge in [0, 0.05) is 0 Å². The summed E-state index contributed by atoms with van der Waals surface area (Å²) in [5.74, 6) is 0.404. The van der Waals surface area contributed by atoms with Crippen molar-refractivity contribution in [2.45, 2.75) is 13.3 Å². The molecule has 0 saturated carbocycles. The largest absolute Gasteiger partial charge is 0.493 e. The smallest absolute Gasteiger partial charge is 0.228 e.